The predicted octanol–water partition coefficient (Wildman–Crippen LogP) is -0.866. The van der Waals surface area contributed by atoms with Crippen LogP contribution in [-0.4, -0.2) is 60.7 Å². The van der Waals surface area contributed by atoms with Crippen LogP contribution in [0.5, 0.6) is 0 Å². The molecule has 0 saturated heterocycles. The molecule has 0 saturated carbocycles. The van der Waals surface area contributed by atoms with Gasteiger partial charge in [-0.1, -0.05) is 0 Å². The molecule has 0 aromatic heterocycles. The van der Waals surface area contributed by atoms with Gasteiger partial charge in [0, 0.05) is 25.6 Å². The van der Waals surface area contributed by atoms with Gasteiger partial charge >= 0.3 is 5.97 Å². The second-order valence-corrected chi connectivity index (χ2v) is 7.38. The smallest absolute Gasteiger partial charge is 0.306 e. The Morgan fingerprint density at radius 3 is 2.38 bits per heavy atom. The number of esters is 1. The molecule has 0 heterocycles. The third-order valence-corrected chi connectivity index (χ3v) is 3.46. The van der Waals surface area contributed by atoms with Crippen LogP contribution in [0.4, 0.5) is 0 Å². The number of ether oxygens (including phenoxy) is 1. The molecule has 0 bridgehead atoms. The van der Waals surface area contributed by atoms with E-state index in [4.69, 9.17) is 21.3 Å². The molecule has 26 heavy (non-hydrogen) atoms. The molecule has 0 rings (SSSR count). The summed E-state index contributed by atoms with van der Waals surface area (Å²) < 4.78 is 5.23. The van der Waals surface area contributed by atoms with Gasteiger partial charge in [0.25, 0.3) is 0 Å². The quantitative estimate of drug-likeness (QED) is 0.138. The Kier molecular flexibility index (Phi) is 12.4. The summed E-state index contributed by atoms with van der Waals surface area (Å²) in [7, 11) is 0. The molecule has 0 aromatic carbocycles. The van der Waals surface area contributed by atoms with Crippen molar-refractivity contribution < 1.29 is 19.4 Å². The zero-order valence-electron chi connectivity index (χ0n) is 16.5. The van der Waals surface area contributed by atoms with Crippen molar-refractivity contribution >= 4 is 11.9 Å². The van der Waals surface area contributed by atoms with E-state index in [0.29, 0.717) is 38.9 Å². The molecule has 9 heteroatoms. The van der Waals surface area contributed by atoms with Gasteiger partial charge < -0.3 is 26.2 Å². The van der Waals surface area contributed by atoms with Crippen molar-refractivity contribution in [3.8, 4) is 0 Å². The molecule has 154 valence electrons. The number of nitrogens with one attached hydrogen (secondary N) is 3. The number of nitrogens with two attached hydrogens (primary N) is 2. The van der Waals surface area contributed by atoms with E-state index in [9.17, 15) is 9.59 Å². The fourth-order valence-electron chi connectivity index (χ4n) is 2.22. The Morgan fingerprint density at radius 1 is 1.19 bits per heavy atom. The summed E-state index contributed by atoms with van der Waals surface area (Å²) in [6.07, 6.45) is 0.941. The maximum absolute atomic E-state index is 12.4. The molecular weight excluding hydrogens is 338 g/mol. The highest BCUT2D eigenvalue weighted by molar-refractivity contribution is 5.81. The summed E-state index contributed by atoms with van der Waals surface area (Å²) >= 11 is 0. The lowest BCUT2D eigenvalue weighted by molar-refractivity contribution is -0.155. The van der Waals surface area contributed by atoms with E-state index in [2.05, 4.69) is 16.0 Å². The normalized spacial score (nSPS) is 15.2. The van der Waals surface area contributed by atoms with Crippen molar-refractivity contribution in [3.05, 3.63) is 0 Å². The first-order valence-electron chi connectivity index (χ1n) is 9.18. The van der Waals surface area contributed by atoms with E-state index < -0.39 is 18.0 Å². The maximum atomic E-state index is 12.4. The second kappa shape index (κ2) is 13.0. The summed E-state index contributed by atoms with van der Waals surface area (Å²) in [5, 5.41) is 17.7. The molecule has 0 aliphatic rings. The average molecular weight is 376 g/mol. The van der Waals surface area contributed by atoms with Crippen molar-refractivity contribution in [2.75, 3.05) is 19.6 Å². The van der Waals surface area contributed by atoms with Crippen LogP contribution >= 0.6 is 0 Å². The molecule has 9 nitrogen and oxygen atoms in total. The van der Waals surface area contributed by atoms with Crippen LogP contribution in [-0.2, 0) is 14.3 Å². The van der Waals surface area contributed by atoms with Crippen LogP contribution in [0, 0.1) is 0 Å². The van der Waals surface area contributed by atoms with Crippen molar-refractivity contribution in [1.29, 1.82) is 0 Å². The highest BCUT2D eigenvalue weighted by Gasteiger charge is 2.20. The fourth-order valence-corrected chi connectivity index (χ4v) is 2.22. The zero-order chi connectivity index (χ0) is 20.2. The molecule has 0 aliphatic heterocycles. The molecule has 0 aromatic rings. The van der Waals surface area contributed by atoms with Gasteiger partial charge in [0.05, 0.1) is 6.04 Å². The number of hydrogen-bond acceptors (Lipinski definition) is 8. The summed E-state index contributed by atoms with van der Waals surface area (Å²) in [4.78, 5) is 24.0. The molecule has 0 spiro atoms. The summed E-state index contributed by atoms with van der Waals surface area (Å²) in [5.41, 5.74) is 10.3. The van der Waals surface area contributed by atoms with Gasteiger partial charge in [0.1, 0.15) is 5.60 Å². The Labute approximate surface area is 156 Å². The molecule has 0 aliphatic carbocycles. The molecule has 1 amide bonds. The Balaban J connectivity index is 4.25. The topological polar surface area (TPSA) is 152 Å². The molecule has 3 unspecified atom stereocenters. The van der Waals surface area contributed by atoms with E-state index in [0.717, 1.165) is 0 Å². The predicted molar refractivity (Wildman–Crippen MR) is 101 cm³/mol. The Bertz CT molecular complexity index is 412. The van der Waals surface area contributed by atoms with Gasteiger partial charge in [-0.3, -0.25) is 20.6 Å². The van der Waals surface area contributed by atoms with Gasteiger partial charge in [0.15, 0.2) is 6.35 Å². The van der Waals surface area contributed by atoms with Crippen LogP contribution < -0.4 is 27.4 Å². The lowest BCUT2D eigenvalue weighted by Gasteiger charge is -2.22. The van der Waals surface area contributed by atoms with E-state index in [1.54, 1.807) is 0 Å². The largest absolute Gasteiger partial charge is 0.460 e. The van der Waals surface area contributed by atoms with E-state index >= 15 is 0 Å². The van der Waals surface area contributed by atoms with Gasteiger partial charge in [-0.15, -0.1) is 0 Å². The third-order valence-electron chi connectivity index (χ3n) is 3.46. The van der Waals surface area contributed by atoms with Crippen LogP contribution in [0.25, 0.3) is 0 Å². The number of aliphatic hydroxyl groups is 1. The van der Waals surface area contributed by atoms with Crippen molar-refractivity contribution in [2.24, 2.45) is 11.5 Å². The van der Waals surface area contributed by atoms with E-state index in [1.165, 1.54) is 0 Å². The number of carbonyl (C=O) groups is 2. The molecule has 3 atom stereocenters. The van der Waals surface area contributed by atoms with Gasteiger partial charge in [0.2, 0.25) is 5.91 Å². The standard InChI is InChI=1S/C17H37N5O4/c1-12(11-18)22-13(7-5-10-21-16(19)25)15(24)20-9-6-8-14(23)26-17(2,3)4/h12-13,16,21-22,25H,5-11,18-19H2,1-4H3,(H,20,24). The molecule has 0 radical (unpaired) electrons. The summed E-state index contributed by atoms with van der Waals surface area (Å²) in [6, 6.07) is -0.396. The van der Waals surface area contributed by atoms with Crippen LogP contribution in [0.15, 0.2) is 0 Å². The SMILES string of the molecule is CC(CN)NC(CCCNC(N)O)C(=O)NCCCC(=O)OC(C)(C)C. The molecule has 8 N–H and O–H groups in total. The highest BCUT2D eigenvalue weighted by Crippen LogP contribution is 2.08. The minimum absolute atomic E-state index is 0.000529. The molecular formula is C17H37N5O4. The van der Waals surface area contributed by atoms with Gasteiger partial charge in [-0.05, 0) is 53.5 Å². The fraction of sp³-hybridized carbons (Fsp3) is 0.882. The highest BCUT2D eigenvalue weighted by atomic mass is 16.6. The van der Waals surface area contributed by atoms with E-state index in [1.807, 2.05) is 27.7 Å². The van der Waals surface area contributed by atoms with Crippen LogP contribution in [0.1, 0.15) is 53.4 Å². The average Bonchev–Trinajstić information content (AvgIpc) is 2.52. The zero-order valence-corrected chi connectivity index (χ0v) is 16.5. The summed E-state index contributed by atoms with van der Waals surface area (Å²) in [5.74, 6) is -0.410. The number of carbonyl (C=O) groups excluding carboxylic acids is 2. The lowest BCUT2D eigenvalue weighted by atomic mass is 10.1. The first kappa shape index (κ1) is 24.7. The first-order chi connectivity index (χ1) is 12.0. The van der Waals surface area contributed by atoms with Crippen molar-refractivity contribution in [1.82, 2.24) is 16.0 Å². The first-order valence-corrected chi connectivity index (χ1v) is 9.18. The minimum Gasteiger partial charge on any atom is -0.460 e. The van der Waals surface area contributed by atoms with Crippen LogP contribution in [0.2, 0.25) is 0 Å². The number of amides is 1. The van der Waals surface area contributed by atoms with E-state index in [-0.39, 0.29) is 24.3 Å². The second-order valence-electron chi connectivity index (χ2n) is 7.38. The monoisotopic (exact) mass is 375 g/mol. The van der Waals surface area contributed by atoms with Gasteiger partial charge in [-0.25, -0.2) is 0 Å². The number of hydrogen-bond donors (Lipinski definition) is 6. The Hall–Kier alpha value is -1.26. The van der Waals surface area contributed by atoms with Crippen LogP contribution in [0.3, 0.4) is 0 Å². The maximum Gasteiger partial charge on any atom is 0.306 e. The number of aliphatic hydroxyl groups excluding tert-OH is 1. The van der Waals surface area contributed by atoms with Crippen molar-refractivity contribution in [3.63, 3.8) is 0 Å². The Morgan fingerprint density at radius 2 is 1.85 bits per heavy atom. The third kappa shape index (κ3) is 14.0. The molecule has 0 fully saturated rings. The minimum atomic E-state index is -1.06. The van der Waals surface area contributed by atoms with Gasteiger partial charge in [-0.2, -0.15) is 0 Å². The summed E-state index contributed by atoms with van der Waals surface area (Å²) in [6.45, 7) is 8.68. The number of rotatable bonds is 13. The lowest BCUT2D eigenvalue weighted by Crippen LogP contribution is -2.50. The van der Waals surface area contributed by atoms with Crippen molar-refractivity contribution in [2.45, 2.75) is 77.4 Å².